The molecule has 0 saturated carbocycles. The number of piperidine rings is 1. The number of hydrogen-bond donors (Lipinski definition) is 0. The number of halogens is 1. The van der Waals surface area contributed by atoms with E-state index < -0.39 is 0 Å². The highest BCUT2D eigenvalue weighted by atomic mass is 32.2. The second kappa shape index (κ2) is 9.56. The average Bonchev–Trinajstić information content (AvgIpc) is 3.59. The van der Waals surface area contributed by atoms with Gasteiger partial charge in [0.2, 0.25) is 0 Å². The molecule has 1 saturated heterocycles. The van der Waals surface area contributed by atoms with Crippen molar-refractivity contribution in [2.24, 2.45) is 0 Å². The lowest BCUT2D eigenvalue weighted by atomic mass is 10.1. The van der Waals surface area contributed by atoms with Crippen LogP contribution in [0.15, 0.2) is 57.6 Å². The maximum atomic E-state index is 13.6. The minimum absolute atomic E-state index is 0.132. The molecule has 0 aliphatic carbocycles. The van der Waals surface area contributed by atoms with Gasteiger partial charge in [0.05, 0.1) is 18.0 Å². The first-order valence-corrected chi connectivity index (χ1v) is 12.6. The standard InChI is InChI=1S/C23H24FN5OS2/c1-16(28-11-3-2-4-12-28)21-26-27-23(29(21)19-9-7-17(24)8-10-19)32-15-18-14-31-22(25-18)20-6-5-13-30-20/h5-10,13-14,16H,2-4,11-12,15H2,1H3/t16-/m1/s1. The number of thiazole rings is 1. The molecule has 0 unspecified atom stereocenters. The number of nitrogens with zero attached hydrogens (tertiary/aromatic N) is 5. The molecule has 5 rings (SSSR count). The first kappa shape index (κ1) is 21.4. The van der Waals surface area contributed by atoms with E-state index in [0.29, 0.717) is 5.75 Å². The Balaban J connectivity index is 1.41. The van der Waals surface area contributed by atoms with E-state index in [4.69, 9.17) is 4.42 Å². The van der Waals surface area contributed by atoms with Crippen molar-refractivity contribution in [3.8, 4) is 16.5 Å². The number of likely N-dealkylation sites (tertiary alicyclic amines) is 1. The maximum absolute atomic E-state index is 13.6. The van der Waals surface area contributed by atoms with E-state index in [0.717, 1.165) is 46.2 Å². The predicted molar refractivity (Wildman–Crippen MR) is 125 cm³/mol. The average molecular weight is 470 g/mol. The summed E-state index contributed by atoms with van der Waals surface area (Å²) in [6, 6.07) is 10.4. The zero-order valence-electron chi connectivity index (χ0n) is 17.8. The third kappa shape index (κ3) is 4.51. The Morgan fingerprint density at radius 2 is 1.94 bits per heavy atom. The van der Waals surface area contributed by atoms with Crippen LogP contribution in [0.2, 0.25) is 0 Å². The third-order valence-electron chi connectivity index (χ3n) is 5.69. The fourth-order valence-electron chi connectivity index (χ4n) is 3.97. The van der Waals surface area contributed by atoms with E-state index in [1.807, 2.05) is 17.5 Å². The molecule has 0 spiro atoms. The molecule has 0 N–H and O–H groups in total. The summed E-state index contributed by atoms with van der Waals surface area (Å²) in [4.78, 5) is 7.14. The molecule has 1 aliphatic heterocycles. The lowest BCUT2D eigenvalue weighted by molar-refractivity contribution is 0.167. The molecule has 0 amide bonds. The van der Waals surface area contributed by atoms with E-state index in [-0.39, 0.29) is 11.9 Å². The normalized spacial score (nSPS) is 15.8. The van der Waals surface area contributed by atoms with Crippen LogP contribution in [0.1, 0.15) is 43.7 Å². The number of thioether (sulfide) groups is 1. The smallest absolute Gasteiger partial charge is 0.196 e. The van der Waals surface area contributed by atoms with Crippen LogP contribution in [0.4, 0.5) is 4.39 Å². The summed E-state index contributed by atoms with van der Waals surface area (Å²) in [5.74, 6) is 2.07. The molecule has 0 bridgehead atoms. The topological polar surface area (TPSA) is 60.0 Å². The lowest BCUT2D eigenvalue weighted by Crippen LogP contribution is -2.33. The van der Waals surface area contributed by atoms with Gasteiger partial charge in [0.1, 0.15) is 5.82 Å². The highest BCUT2D eigenvalue weighted by Gasteiger charge is 2.25. The van der Waals surface area contributed by atoms with Gasteiger partial charge in [0.15, 0.2) is 21.7 Å². The summed E-state index contributed by atoms with van der Waals surface area (Å²) in [5, 5.41) is 12.8. The molecule has 4 heterocycles. The molecular formula is C23H24FN5OS2. The van der Waals surface area contributed by atoms with Crippen molar-refractivity contribution >= 4 is 23.1 Å². The van der Waals surface area contributed by atoms with Crippen LogP contribution >= 0.6 is 23.1 Å². The van der Waals surface area contributed by atoms with Crippen LogP contribution in [-0.2, 0) is 5.75 Å². The Hall–Kier alpha value is -2.49. The molecule has 166 valence electrons. The van der Waals surface area contributed by atoms with Crippen LogP contribution in [0.3, 0.4) is 0 Å². The van der Waals surface area contributed by atoms with Gasteiger partial charge in [-0.05, 0) is 69.3 Å². The molecule has 32 heavy (non-hydrogen) atoms. The molecule has 4 aromatic rings. The summed E-state index contributed by atoms with van der Waals surface area (Å²) in [7, 11) is 0. The number of rotatable bonds is 7. The Morgan fingerprint density at radius 3 is 2.69 bits per heavy atom. The Kier molecular flexibility index (Phi) is 6.38. The summed E-state index contributed by atoms with van der Waals surface area (Å²) < 4.78 is 21.1. The highest BCUT2D eigenvalue weighted by molar-refractivity contribution is 7.98. The fraction of sp³-hybridized carbons (Fsp3) is 0.348. The Morgan fingerprint density at radius 1 is 1.12 bits per heavy atom. The van der Waals surface area contributed by atoms with Crippen LogP contribution in [0.5, 0.6) is 0 Å². The molecule has 3 aromatic heterocycles. The summed E-state index contributed by atoms with van der Waals surface area (Å²) in [6.07, 6.45) is 5.35. The number of hydrogen-bond acceptors (Lipinski definition) is 7. The summed E-state index contributed by atoms with van der Waals surface area (Å²) >= 11 is 3.15. The second-order valence-corrected chi connectivity index (χ2v) is 9.64. The maximum Gasteiger partial charge on any atom is 0.196 e. The SMILES string of the molecule is C[C@H](c1nnc(SCc2csc(-c3ccco3)n2)n1-c1ccc(F)cc1)N1CCCCC1. The second-order valence-electron chi connectivity index (χ2n) is 7.84. The van der Waals surface area contributed by atoms with Gasteiger partial charge >= 0.3 is 0 Å². The number of aromatic nitrogens is 4. The zero-order chi connectivity index (χ0) is 21.9. The molecule has 1 aliphatic rings. The van der Waals surface area contributed by atoms with Gasteiger partial charge in [0.25, 0.3) is 0 Å². The van der Waals surface area contributed by atoms with E-state index in [1.54, 1.807) is 41.5 Å². The summed E-state index contributed by atoms with van der Waals surface area (Å²) in [6.45, 7) is 4.31. The van der Waals surface area contributed by atoms with Crippen molar-refractivity contribution in [2.75, 3.05) is 13.1 Å². The predicted octanol–water partition coefficient (Wildman–Crippen LogP) is 5.96. The van der Waals surface area contributed by atoms with Crippen LogP contribution in [-0.4, -0.2) is 37.7 Å². The van der Waals surface area contributed by atoms with Crippen molar-refractivity contribution in [3.05, 3.63) is 65.4 Å². The third-order valence-corrected chi connectivity index (χ3v) is 7.56. The molecule has 0 radical (unpaired) electrons. The van der Waals surface area contributed by atoms with Gasteiger partial charge in [-0.15, -0.1) is 21.5 Å². The minimum Gasteiger partial charge on any atom is -0.462 e. The lowest BCUT2D eigenvalue weighted by Gasteiger charge is -2.31. The van der Waals surface area contributed by atoms with E-state index in [9.17, 15) is 4.39 Å². The molecular weight excluding hydrogens is 445 g/mol. The highest BCUT2D eigenvalue weighted by Crippen LogP contribution is 2.32. The molecule has 6 nitrogen and oxygen atoms in total. The van der Waals surface area contributed by atoms with E-state index >= 15 is 0 Å². The monoisotopic (exact) mass is 469 g/mol. The summed E-state index contributed by atoms with van der Waals surface area (Å²) in [5.41, 5.74) is 1.83. The van der Waals surface area contributed by atoms with Gasteiger partial charge in [-0.25, -0.2) is 9.37 Å². The molecule has 1 atom stereocenters. The van der Waals surface area contributed by atoms with Gasteiger partial charge < -0.3 is 4.42 Å². The minimum atomic E-state index is -0.255. The molecule has 1 aromatic carbocycles. The molecule has 9 heteroatoms. The zero-order valence-corrected chi connectivity index (χ0v) is 19.4. The first-order chi connectivity index (χ1) is 15.7. The van der Waals surface area contributed by atoms with Crippen molar-refractivity contribution in [2.45, 2.75) is 43.1 Å². The van der Waals surface area contributed by atoms with Crippen molar-refractivity contribution in [3.63, 3.8) is 0 Å². The first-order valence-electron chi connectivity index (χ1n) is 10.8. The quantitative estimate of drug-likeness (QED) is 0.311. The van der Waals surface area contributed by atoms with Crippen LogP contribution in [0, 0.1) is 5.82 Å². The van der Waals surface area contributed by atoms with E-state index in [1.165, 1.54) is 31.4 Å². The van der Waals surface area contributed by atoms with Gasteiger partial charge in [-0.2, -0.15) is 0 Å². The van der Waals surface area contributed by atoms with Crippen LogP contribution in [0.25, 0.3) is 16.5 Å². The van der Waals surface area contributed by atoms with Crippen LogP contribution < -0.4 is 0 Å². The van der Waals surface area contributed by atoms with Gasteiger partial charge in [-0.1, -0.05) is 18.2 Å². The molecule has 1 fully saturated rings. The van der Waals surface area contributed by atoms with Crippen molar-refractivity contribution in [1.29, 1.82) is 0 Å². The largest absolute Gasteiger partial charge is 0.462 e. The number of benzene rings is 1. The number of furan rings is 1. The Labute approximate surface area is 194 Å². The fourth-order valence-corrected chi connectivity index (χ4v) is 5.72. The van der Waals surface area contributed by atoms with Gasteiger partial charge in [0, 0.05) is 16.8 Å². The van der Waals surface area contributed by atoms with Crippen molar-refractivity contribution < 1.29 is 8.81 Å². The van der Waals surface area contributed by atoms with Crippen molar-refractivity contribution in [1.82, 2.24) is 24.6 Å². The van der Waals surface area contributed by atoms with E-state index in [2.05, 4.69) is 31.6 Å². The van der Waals surface area contributed by atoms with Gasteiger partial charge in [-0.3, -0.25) is 9.47 Å². The Bertz CT molecular complexity index is 1150.